The molecular weight excluding hydrogens is 419 g/mol. The van der Waals surface area contributed by atoms with Crippen molar-refractivity contribution in [1.29, 1.82) is 0 Å². The zero-order valence-corrected chi connectivity index (χ0v) is 17.8. The maximum absolute atomic E-state index is 13.0. The van der Waals surface area contributed by atoms with Crippen molar-refractivity contribution in [3.8, 4) is 11.5 Å². The van der Waals surface area contributed by atoms with Gasteiger partial charge >= 0.3 is 0 Å². The SMILES string of the molecule is COc1cc(NC(=O)CSc2ccc(NC(=O)c3ccc(F)cc3)cc2)cc(OC)c1. The highest BCUT2D eigenvalue weighted by molar-refractivity contribution is 8.00. The molecule has 0 radical (unpaired) electrons. The van der Waals surface area contributed by atoms with Gasteiger partial charge in [-0.05, 0) is 48.5 Å². The highest BCUT2D eigenvalue weighted by Gasteiger charge is 2.09. The first-order valence-corrected chi connectivity index (χ1v) is 10.3. The number of carbonyl (C=O) groups is 2. The molecule has 160 valence electrons. The standard InChI is InChI=1S/C23H21FN2O4S/c1-29-19-11-18(12-20(13-19)30-2)25-22(27)14-31-21-9-7-17(8-10-21)26-23(28)15-3-5-16(24)6-4-15/h3-13H,14H2,1-2H3,(H,25,27)(H,26,28). The van der Waals surface area contributed by atoms with Crippen molar-refractivity contribution in [2.45, 2.75) is 4.90 Å². The van der Waals surface area contributed by atoms with Crippen LogP contribution in [0.1, 0.15) is 10.4 Å². The van der Waals surface area contributed by atoms with Crippen LogP contribution in [0.4, 0.5) is 15.8 Å². The molecule has 0 heterocycles. The van der Waals surface area contributed by atoms with Gasteiger partial charge in [-0.1, -0.05) is 0 Å². The number of hydrogen-bond donors (Lipinski definition) is 2. The van der Waals surface area contributed by atoms with Gasteiger partial charge in [0.05, 0.1) is 20.0 Å². The van der Waals surface area contributed by atoms with Crippen LogP contribution in [0.5, 0.6) is 11.5 Å². The number of amides is 2. The fraction of sp³-hybridized carbons (Fsp3) is 0.130. The molecular formula is C23H21FN2O4S. The van der Waals surface area contributed by atoms with Gasteiger partial charge in [-0.25, -0.2) is 4.39 Å². The highest BCUT2D eigenvalue weighted by atomic mass is 32.2. The third kappa shape index (κ3) is 6.48. The second kappa shape index (κ2) is 10.5. The zero-order chi connectivity index (χ0) is 22.2. The van der Waals surface area contributed by atoms with Crippen molar-refractivity contribution >= 4 is 35.0 Å². The predicted octanol–water partition coefficient (Wildman–Crippen LogP) is 4.83. The van der Waals surface area contributed by atoms with Crippen LogP contribution in [0.3, 0.4) is 0 Å². The number of rotatable bonds is 8. The van der Waals surface area contributed by atoms with Crippen molar-refractivity contribution < 1.29 is 23.5 Å². The second-order valence-electron chi connectivity index (χ2n) is 6.42. The van der Waals surface area contributed by atoms with Crippen LogP contribution in [0, 0.1) is 5.82 Å². The number of anilines is 2. The van der Waals surface area contributed by atoms with Gasteiger partial charge in [-0.3, -0.25) is 9.59 Å². The van der Waals surface area contributed by atoms with Crippen LogP contribution in [0.25, 0.3) is 0 Å². The normalized spacial score (nSPS) is 10.3. The number of hydrogen-bond acceptors (Lipinski definition) is 5. The van der Waals surface area contributed by atoms with E-state index in [9.17, 15) is 14.0 Å². The van der Waals surface area contributed by atoms with E-state index in [0.717, 1.165) is 4.90 Å². The Morgan fingerprint density at radius 1 is 0.839 bits per heavy atom. The highest BCUT2D eigenvalue weighted by Crippen LogP contribution is 2.26. The number of thioether (sulfide) groups is 1. The van der Waals surface area contributed by atoms with E-state index in [4.69, 9.17) is 9.47 Å². The molecule has 0 bridgehead atoms. The fourth-order valence-corrected chi connectivity index (χ4v) is 3.36. The van der Waals surface area contributed by atoms with Crippen molar-refractivity contribution in [3.63, 3.8) is 0 Å². The Balaban J connectivity index is 1.52. The van der Waals surface area contributed by atoms with E-state index in [1.54, 1.807) is 44.6 Å². The summed E-state index contributed by atoms with van der Waals surface area (Å²) in [6, 6.07) is 17.6. The van der Waals surface area contributed by atoms with Gasteiger partial charge in [0.2, 0.25) is 5.91 Å². The molecule has 0 fully saturated rings. The average Bonchev–Trinajstić information content (AvgIpc) is 2.78. The van der Waals surface area contributed by atoms with Crippen LogP contribution < -0.4 is 20.1 Å². The molecule has 3 aromatic rings. The molecule has 31 heavy (non-hydrogen) atoms. The third-order valence-electron chi connectivity index (χ3n) is 4.22. The fourth-order valence-electron chi connectivity index (χ4n) is 2.66. The predicted molar refractivity (Wildman–Crippen MR) is 120 cm³/mol. The molecule has 0 saturated heterocycles. The van der Waals surface area contributed by atoms with Crippen molar-refractivity contribution in [2.75, 3.05) is 30.6 Å². The molecule has 3 aromatic carbocycles. The minimum absolute atomic E-state index is 0.172. The van der Waals surface area contributed by atoms with Gasteiger partial charge in [-0.15, -0.1) is 11.8 Å². The number of benzene rings is 3. The molecule has 0 atom stereocenters. The van der Waals surface area contributed by atoms with Crippen molar-refractivity contribution in [2.24, 2.45) is 0 Å². The van der Waals surface area contributed by atoms with Crippen LogP contribution in [-0.4, -0.2) is 31.8 Å². The summed E-state index contributed by atoms with van der Waals surface area (Å²) in [6.07, 6.45) is 0. The van der Waals surface area contributed by atoms with Crippen molar-refractivity contribution in [1.82, 2.24) is 0 Å². The average molecular weight is 440 g/mol. The van der Waals surface area contributed by atoms with Crippen LogP contribution in [0.2, 0.25) is 0 Å². The van der Waals surface area contributed by atoms with Gasteiger partial charge < -0.3 is 20.1 Å². The van der Waals surface area contributed by atoms with E-state index in [1.807, 2.05) is 12.1 Å². The van der Waals surface area contributed by atoms with E-state index in [-0.39, 0.29) is 17.6 Å². The Hall–Kier alpha value is -3.52. The smallest absolute Gasteiger partial charge is 0.255 e. The lowest BCUT2D eigenvalue weighted by atomic mass is 10.2. The zero-order valence-electron chi connectivity index (χ0n) is 17.0. The largest absolute Gasteiger partial charge is 0.497 e. The van der Waals surface area contributed by atoms with Gasteiger partial charge in [0.25, 0.3) is 5.91 Å². The lowest BCUT2D eigenvalue weighted by Crippen LogP contribution is -2.14. The summed E-state index contributed by atoms with van der Waals surface area (Å²) < 4.78 is 23.4. The van der Waals surface area contributed by atoms with Gasteiger partial charge in [0, 0.05) is 40.0 Å². The lowest BCUT2D eigenvalue weighted by molar-refractivity contribution is -0.113. The Morgan fingerprint density at radius 2 is 1.45 bits per heavy atom. The first-order chi connectivity index (χ1) is 15.0. The second-order valence-corrected chi connectivity index (χ2v) is 7.47. The molecule has 0 unspecified atom stereocenters. The van der Waals surface area contributed by atoms with Crippen molar-refractivity contribution in [3.05, 3.63) is 78.1 Å². The first-order valence-electron chi connectivity index (χ1n) is 9.29. The number of methoxy groups -OCH3 is 2. The van der Waals surface area contributed by atoms with E-state index >= 15 is 0 Å². The summed E-state index contributed by atoms with van der Waals surface area (Å²) in [7, 11) is 3.09. The molecule has 0 aromatic heterocycles. The number of carbonyl (C=O) groups excluding carboxylic acids is 2. The maximum Gasteiger partial charge on any atom is 0.255 e. The van der Waals surface area contributed by atoms with E-state index in [0.29, 0.717) is 28.4 Å². The molecule has 2 N–H and O–H groups in total. The Kier molecular flexibility index (Phi) is 7.50. The molecule has 0 aliphatic heterocycles. The van der Waals surface area contributed by atoms with Gasteiger partial charge in [0.1, 0.15) is 17.3 Å². The molecule has 0 aliphatic rings. The van der Waals surface area contributed by atoms with E-state index < -0.39 is 5.82 Å². The summed E-state index contributed by atoms with van der Waals surface area (Å²) >= 11 is 1.36. The van der Waals surface area contributed by atoms with Crippen LogP contribution >= 0.6 is 11.8 Å². The minimum Gasteiger partial charge on any atom is -0.497 e. The molecule has 0 spiro atoms. The molecule has 8 heteroatoms. The Labute approximate surface area is 183 Å². The number of nitrogens with one attached hydrogen (secondary N) is 2. The van der Waals surface area contributed by atoms with E-state index in [2.05, 4.69) is 10.6 Å². The molecule has 0 aliphatic carbocycles. The minimum atomic E-state index is -0.396. The molecule has 2 amide bonds. The molecule has 0 saturated carbocycles. The van der Waals surface area contributed by atoms with Gasteiger partial charge in [0.15, 0.2) is 0 Å². The quantitative estimate of drug-likeness (QED) is 0.491. The molecule has 3 rings (SSSR count). The van der Waals surface area contributed by atoms with Crippen LogP contribution in [-0.2, 0) is 4.79 Å². The number of ether oxygens (including phenoxy) is 2. The summed E-state index contributed by atoms with van der Waals surface area (Å²) in [6.45, 7) is 0. The first kappa shape index (κ1) is 22.2. The summed E-state index contributed by atoms with van der Waals surface area (Å²) in [4.78, 5) is 25.3. The van der Waals surface area contributed by atoms with Gasteiger partial charge in [-0.2, -0.15) is 0 Å². The monoisotopic (exact) mass is 440 g/mol. The molecule has 6 nitrogen and oxygen atoms in total. The third-order valence-corrected chi connectivity index (χ3v) is 5.24. The lowest BCUT2D eigenvalue weighted by Gasteiger charge is -2.10. The summed E-state index contributed by atoms with van der Waals surface area (Å²) in [5.74, 6) is 0.483. The van der Waals surface area contributed by atoms with E-state index in [1.165, 1.54) is 36.0 Å². The topological polar surface area (TPSA) is 76.7 Å². The summed E-state index contributed by atoms with van der Waals surface area (Å²) in [5.41, 5.74) is 1.55. The Bertz CT molecular complexity index is 1030. The number of halogens is 1. The summed E-state index contributed by atoms with van der Waals surface area (Å²) in [5, 5.41) is 5.57. The Morgan fingerprint density at radius 3 is 2.03 bits per heavy atom. The maximum atomic E-state index is 13.0. The van der Waals surface area contributed by atoms with Crippen LogP contribution in [0.15, 0.2) is 71.6 Å².